The molecule has 4 nitrogen and oxygen atoms in total. The second-order valence-electron chi connectivity index (χ2n) is 9.45. The van der Waals surface area contributed by atoms with Crippen molar-refractivity contribution in [1.29, 1.82) is 5.26 Å². The smallest absolute Gasteiger partial charge is 0.217 e. The number of hydrogen-bond donors (Lipinski definition) is 1. The summed E-state index contributed by atoms with van der Waals surface area (Å²) in [4.78, 5) is 14.2. The summed E-state index contributed by atoms with van der Waals surface area (Å²) >= 11 is 0. The van der Waals surface area contributed by atoms with Crippen LogP contribution in [0.25, 0.3) is 0 Å². The van der Waals surface area contributed by atoms with Gasteiger partial charge in [0.05, 0.1) is 17.5 Å². The number of nitrogens with one attached hydrogen (secondary N) is 1. The molecule has 0 bridgehead atoms. The van der Waals surface area contributed by atoms with Gasteiger partial charge < -0.3 is 10.2 Å². The summed E-state index contributed by atoms with van der Waals surface area (Å²) in [5.74, 6) is 0.0603. The molecule has 1 N–H and O–H groups in total. The maximum Gasteiger partial charge on any atom is 0.217 e. The first-order valence-electron chi connectivity index (χ1n) is 10.9. The summed E-state index contributed by atoms with van der Waals surface area (Å²) in [5, 5.41) is 12.3. The molecule has 3 rings (SSSR count). The number of carbonyl (C=O) groups excluding carboxylic acids is 1. The molecule has 4 heteroatoms. The fourth-order valence-electron chi connectivity index (χ4n) is 5.07. The zero-order valence-electron chi connectivity index (χ0n) is 17.8. The highest BCUT2D eigenvalue weighted by molar-refractivity contribution is 5.73. The highest BCUT2D eigenvalue weighted by Crippen LogP contribution is 2.47. The minimum Gasteiger partial charge on any atom is -0.350 e. The number of nitriles is 1. The van der Waals surface area contributed by atoms with Crippen molar-refractivity contribution in [2.24, 2.45) is 5.41 Å². The molecule has 1 aliphatic carbocycles. The van der Waals surface area contributed by atoms with Crippen molar-refractivity contribution in [1.82, 2.24) is 10.2 Å². The van der Waals surface area contributed by atoms with E-state index in [4.69, 9.17) is 5.26 Å². The number of likely N-dealkylation sites (tertiary alicyclic amines) is 1. The largest absolute Gasteiger partial charge is 0.350 e. The zero-order chi connectivity index (χ0) is 20.2. The molecular weight excluding hydrogens is 346 g/mol. The average Bonchev–Trinajstić information content (AvgIpc) is 2.69. The molecule has 1 aromatic carbocycles. The van der Waals surface area contributed by atoms with Gasteiger partial charge in [-0.15, -0.1) is 0 Å². The van der Waals surface area contributed by atoms with Gasteiger partial charge in [-0.25, -0.2) is 0 Å². The van der Waals surface area contributed by atoms with Crippen LogP contribution in [-0.4, -0.2) is 30.4 Å². The van der Waals surface area contributed by atoms with Crippen LogP contribution in [0.4, 0.5) is 0 Å². The third-order valence-electron chi connectivity index (χ3n) is 6.84. The van der Waals surface area contributed by atoms with Gasteiger partial charge in [-0.1, -0.05) is 30.7 Å². The summed E-state index contributed by atoms with van der Waals surface area (Å²) in [6.07, 6.45) is 7.92. The van der Waals surface area contributed by atoms with Crippen LogP contribution in [0.15, 0.2) is 24.3 Å². The minimum atomic E-state index is -0.192. The molecule has 1 amide bonds. The predicted octanol–water partition coefficient (Wildman–Crippen LogP) is 4.96. The molecule has 1 spiro atoms. The fraction of sp³-hybridized carbons (Fsp3) is 0.667. The lowest BCUT2D eigenvalue weighted by atomic mass is 9.63. The van der Waals surface area contributed by atoms with E-state index in [-0.39, 0.29) is 24.2 Å². The van der Waals surface area contributed by atoms with Gasteiger partial charge in [0.1, 0.15) is 0 Å². The second-order valence-corrected chi connectivity index (χ2v) is 9.45. The maximum atomic E-state index is 11.6. The molecule has 154 valence electrons. The quantitative estimate of drug-likeness (QED) is 0.707. The number of amides is 1. The van der Waals surface area contributed by atoms with E-state index in [0.29, 0.717) is 0 Å². The highest BCUT2D eigenvalue weighted by Gasteiger charge is 2.41. The number of unbranched alkanes of at least 4 members (excludes halogenated alkanes) is 1. The molecular formula is C24H37N3O. The monoisotopic (exact) mass is 383 g/mol. The number of nitrogens with zero attached hydrogens (tertiary/aromatic N) is 2. The third-order valence-corrected chi connectivity index (χ3v) is 6.84. The molecule has 0 saturated carbocycles. The normalized spacial score (nSPS) is 21.7. The Kier molecular flexibility index (Phi) is 6.45. The molecule has 1 aromatic rings. The van der Waals surface area contributed by atoms with Crippen LogP contribution < -0.4 is 5.32 Å². The zero-order valence-corrected chi connectivity index (χ0v) is 17.8. The topological polar surface area (TPSA) is 56.1 Å². The lowest BCUT2D eigenvalue weighted by molar-refractivity contribution is -0.119. The van der Waals surface area contributed by atoms with Crippen LogP contribution in [0.3, 0.4) is 0 Å². The Bertz CT molecular complexity index is 732. The molecule has 1 saturated heterocycles. The van der Waals surface area contributed by atoms with Crippen molar-refractivity contribution in [2.45, 2.75) is 77.2 Å². The Hall–Kier alpha value is -1.86. The van der Waals surface area contributed by atoms with Crippen molar-refractivity contribution >= 4 is 5.91 Å². The molecule has 0 aromatic heterocycles. The van der Waals surface area contributed by atoms with E-state index in [1.54, 1.807) is 6.92 Å². The van der Waals surface area contributed by atoms with Crippen molar-refractivity contribution in [2.75, 3.05) is 19.6 Å². The lowest BCUT2D eigenvalue weighted by Crippen LogP contribution is -2.46. The second kappa shape index (κ2) is 8.66. The fourth-order valence-corrected chi connectivity index (χ4v) is 5.07. The van der Waals surface area contributed by atoms with E-state index in [0.717, 1.165) is 38.9 Å². The van der Waals surface area contributed by atoms with E-state index in [2.05, 4.69) is 40.6 Å². The van der Waals surface area contributed by atoms with Gasteiger partial charge in [-0.05, 0) is 88.5 Å². The van der Waals surface area contributed by atoms with Gasteiger partial charge in [0.15, 0.2) is 0 Å². The van der Waals surface area contributed by atoms with Crippen molar-refractivity contribution in [3.63, 3.8) is 0 Å². The molecule has 2 aliphatic rings. The van der Waals surface area contributed by atoms with Gasteiger partial charge >= 0.3 is 0 Å². The van der Waals surface area contributed by atoms with E-state index >= 15 is 0 Å². The molecule has 1 aliphatic heterocycles. The molecule has 1 heterocycles. The summed E-state index contributed by atoms with van der Waals surface area (Å²) < 4.78 is 0. The van der Waals surface area contributed by atoms with Crippen molar-refractivity contribution in [3.05, 3.63) is 35.4 Å². The molecule has 1 atom stereocenters. The SMILES string of the molecule is CC(=O)N[C@H]1CCC2(CCN(CCCCC(C)(C)C#N)CC2)c2ccccc21.[HH]. The van der Waals surface area contributed by atoms with Crippen LogP contribution in [0.2, 0.25) is 0 Å². The Morgan fingerprint density at radius 1 is 1.29 bits per heavy atom. The van der Waals surface area contributed by atoms with Crippen LogP contribution >= 0.6 is 0 Å². The average molecular weight is 384 g/mol. The minimum absolute atomic E-state index is 0. The van der Waals surface area contributed by atoms with E-state index in [1.165, 1.54) is 36.8 Å². The Morgan fingerprint density at radius 2 is 2.00 bits per heavy atom. The van der Waals surface area contributed by atoms with Crippen LogP contribution in [0.5, 0.6) is 0 Å². The van der Waals surface area contributed by atoms with E-state index in [9.17, 15) is 4.79 Å². The summed E-state index contributed by atoms with van der Waals surface area (Å²) in [7, 11) is 0. The van der Waals surface area contributed by atoms with Gasteiger partial charge in [0.25, 0.3) is 0 Å². The number of fused-ring (bicyclic) bond motifs is 2. The van der Waals surface area contributed by atoms with Crippen LogP contribution in [-0.2, 0) is 10.2 Å². The van der Waals surface area contributed by atoms with Gasteiger partial charge in [-0.3, -0.25) is 4.79 Å². The van der Waals surface area contributed by atoms with Gasteiger partial charge in [0, 0.05) is 8.35 Å². The predicted molar refractivity (Wildman–Crippen MR) is 115 cm³/mol. The Labute approximate surface area is 171 Å². The molecule has 28 heavy (non-hydrogen) atoms. The molecule has 1 fully saturated rings. The first kappa shape index (κ1) is 20.9. The van der Waals surface area contributed by atoms with Crippen molar-refractivity contribution in [3.8, 4) is 6.07 Å². The highest BCUT2D eigenvalue weighted by atomic mass is 16.1. The van der Waals surface area contributed by atoms with E-state index in [1.807, 2.05) is 13.8 Å². The maximum absolute atomic E-state index is 11.6. The molecule has 0 unspecified atom stereocenters. The Balaban J connectivity index is 0.00000300. The number of rotatable bonds is 6. The number of carbonyl (C=O) groups is 1. The molecule has 0 radical (unpaired) electrons. The summed E-state index contributed by atoms with van der Waals surface area (Å²) in [6.45, 7) is 9.14. The summed E-state index contributed by atoms with van der Waals surface area (Å²) in [5.41, 5.74) is 2.89. The van der Waals surface area contributed by atoms with Crippen molar-refractivity contribution < 1.29 is 6.22 Å². The number of piperidine rings is 1. The van der Waals surface area contributed by atoms with Crippen LogP contribution in [0, 0.1) is 16.7 Å². The lowest BCUT2D eigenvalue weighted by Gasteiger charge is -2.47. The number of hydrogen-bond acceptors (Lipinski definition) is 3. The Morgan fingerprint density at radius 3 is 2.68 bits per heavy atom. The third kappa shape index (κ3) is 4.75. The first-order valence-corrected chi connectivity index (χ1v) is 10.9. The van der Waals surface area contributed by atoms with Crippen LogP contribution in [0.1, 0.15) is 84.3 Å². The first-order chi connectivity index (χ1) is 13.4. The summed E-state index contributed by atoms with van der Waals surface area (Å²) in [6, 6.07) is 11.3. The standard InChI is InChI=1S/C24H35N3O.H2/c1-19(28)26-22-10-12-24(21-9-5-4-8-20(21)22)13-16-27(17-14-24)15-7-6-11-23(2,3)18-25;/h4-5,8-9,22H,6-7,10-17H2,1-3H3,(H,26,28);1H/t22-;/m0./s1. The van der Waals surface area contributed by atoms with E-state index < -0.39 is 0 Å². The number of benzene rings is 1. The van der Waals surface area contributed by atoms with Gasteiger partial charge in [0.2, 0.25) is 5.91 Å². The van der Waals surface area contributed by atoms with Gasteiger partial charge in [-0.2, -0.15) is 5.26 Å².